The SMILES string of the molecule is Cc1cc(C)c(-n2nc(Cl)nc2-c2ccccc2)c(C)c1. The fourth-order valence-electron chi connectivity index (χ4n) is 2.72. The third-order valence-electron chi connectivity index (χ3n) is 3.46. The van der Waals surface area contributed by atoms with Crippen molar-refractivity contribution in [1.29, 1.82) is 0 Å². The molecule has 0 bridgehead atoms. The first kappa shape index (κ1) is 13.8. The summed E-state index contributed by atoms with van der Waals surface area (Å²) in [6.07, 6.45) is 0. The Hall–Kier alpha value is -2.13. The van der Waals surface area contributed by atoms with E-state index in [0.717, 1.165) is 28.2 Å². The second-order valence-corrected chi connectivity index (χ2v) is 5.57. The van der Waals surface area contributed by atoms with E-state index in [9.17, 15) is 0 Å². The lowest BCUT2D eigenvalue weighted by molar-refractivity contribution is 0.870. The van der Waals surface area contributed by atoms with Crippen LogP contribution < -0.4 is 0 Å². The minimum Gasteiger partial charge on any atom is -0.211 e. The van der Waals surface area contributed by atoms with Crippen LogP contribution in [0.1, 0.15) is 16.7 Å². The van der Waals surface area contributed by atoms with Crippen molar-refractivity contribution in [2.45, 2.75) is 20.8 Å². The third-order valence-corrected chi connectivity index (χ3v) is 3.62. The minimum atomic E-state index is 0.258. The van der Waals surface area contributed by atoms with E-state index in [0.29, 0.717) is 0 Å². The highest BCUT2D eigenvalue weighted by atomic mass is 35.5. The molecule has 0 saturated heterocycles. The maximum Gasteiger partial charge on any atom is 0.243 e. The number of rotatable bonds is 2. The maximum atomic E-state index is 6.06. The van der Waals surface area contributed by atoms with Crippen LogP contribution >= 0.6 is 11.6 Å². The Kier molecular flexibility index (Phi) is 3.52. The Morgan fingerprint density at radius 1 is 0.952 bits per heavy atom. The molecule has 0 spiro atoms. The van der Waals surface area contributed by atoms with E-state index in [-0.39, 0.29) is 5.28 Å². The summed E-state index contributed by atoms with van der Waals surface area (Å²) in [5.74, 6) is 0.760. The van der Waals surface area contributed by atoms with Crippen LogP contribution in [0.15, 0.2) is 42.5 Å². The fraction of sp³-hybridized carbons (Fsp3) is 0.176. The van der Waals surface area contributed by atoms with Crippen molar-refractivity contribution < 1.29 is 0 Å². The summed E-state index contributed by atoms with van der Waals surface area (Å²) in [7, 11) is 0. The predicted molar refractivity (Wildman–Crippen MR) is 86.0 cm³/mol. The smallest absolute Gasteiger partial charge is 0.211 e. The van der Waals surface area contributed by atoms with Crippen LogP contribution in [-0.2, 0) is 0 Å². The lowest BCUT2D eigenvalue weighted by Crippen LogP contribution is -2.05. The zero-order valence-corrected chi connectivity index (χ0v) is 13.0. The molecular formula is C17H16ClN3. The van der Waals surface area contributed by atoms with Gasteiger partial charge in [-0.25, -0.2) is 4.68 Å². The van der Waals surface area contributed by atoms with Crippen LogP contribution in [0.4, 0.5) is 0 Å². The molecule has 3 rings (SSSR count). The molecule has 3 aromatic rings. The van der Waals surface area contributed by atoms with Crippen molar-refractivity contribution in [3.8, 4) is 17.1 Å². The summed E-state index contributed by atoms with van der Waals surface area (Å²) < 4.78 is 1.84. The van der Waals surface area contributed by atoms with Gasteiger partial charge in [0.15, 0.2) is 5.82 Å². The average molecular weight is 298 g/mol. The van der Waals surface area contributed by atoms with Crippen LogP contribution in [-0.4, -0.2) is 14.8 Å². The highest BCUT2D eigenvalue weighted by molar-refractivity contribution is 6.28. The molecule has 2 aromatic carbocycles. The number of halogens is 1. The van der Waals surface area contributed by atoms with E-state index in [1.807, 2.05) is 35.0 Å². The van der Waals surface area contributed by atoms with Crippen molar-refractivity contribution in [1.82, 2.24) is 14.8 Å². The van der Waals surface area contributed by atoms with Gasteiger partial charge in [-0.05, 0) is 43.5 Å². The number of aryl methyl sites for hydroxylation is 3. The standard InChI is InChI=1S/C17H16ClN3/c1-11-9-12(2)15(13(3)10-11)21-16(19-17(18)20-21)14-7-5-4-6-8-14/h4-10H,1-3H3. The first-order valence-corrected chi connectivity index (χ1v) is 7.20. The number of benzene rings is 2. The lowest BCUT2D eigenvalue weighted by Gasteiger charge is -2.13. The zero-order chi connectivity index (χ0) is 15.0. The molecule has 4 heteroatoms. The molecule has 0 amide bonds. The van der Waals surface area contributed by atoms with Crippen LogP contribution in [0.5, 0.6) is 0 Å². The van der Waals surface area contributed by atoms with Crippen molar-refractivity contribution in [2.75, 3.05) is 0 Å². The average Bonchev–Trinajstić information content (AvgIpc) is 2.80. The Labute approximate surface area is 129 Å². The molecule has 106 valence electrons. The van der Waals surface area contributed by atoms with E-state index in [4.69, 9.17) is 11.6 Å². The van der Waals surface area contributed by atoms with Gasteiger partial charge in [0.2, 0.25) is 5.28 Å². The second kappa shape index (κ2) is 5.34. The monoisotopic (exact) mass is 297 g/mol. The highest BCUT2D eigenvalue weighted by Gasteiger charge is 2.16. The normalized spacial score (nSPS) is 10.9. The lowest BCUT2D eigenvalue weighted by atomic mass is 10.0. The van der Waals surface area contributed by atoms with E-state index in [2.05, 4.69) is 43.0 Å². The molecule has 0 radical (unpaired) electrons. The molecule has 21 heavy (non-hydrogen) atoms. The Morgan fingerprint density at radius 3 is 2.19 bits per heavy atom. The van der Waals surface area contributed by atoms with Crippen LogP contribution in [0.3, 0.4) is 0 Å². The summed E-state index contributed by atoms with van der Waals surface area (Å²) in [5.41, 5.74) is 5.59. The number of hydrogen-bond acceptors (Lipinski definition) is 2. The second-order valence-electron chi connectivity index (χ2n) is 5.23. The number of nitrogens with zero attached hydrogens (tertiary/aromatic N) is 3. The van der Waals surface area contributed by atoms with Gasteiger partial charge in [0, 0.05) is 5.56 Å². The molecule has 1 aromatic heterocycles. The van der Waals surface area contributed by atoms with Gasteiger partial charge >= 0.3 is 0 Å². The van der Waals surface area contributed by atoms with E-state index in [1.54, 1.807) is 0 Å². The molecule has 3 nitrogen and oxygen atoms in total. The topological polar surface area (TPSA) is 30.7 Å². The molecule has 1 heterocycles. The van der Waals surface area contributed by atoms with E-state index in [1.165, 1.54) is 5.56 Å². The predicted octanol–water partition coefficient (Wildman–Crippen LogP) is 4.51. The number of aromatic nitrogens is 3. The maximum absolute atomic E-state index is 6.06. The molecule has 0 aliphatic carbocycles. The molecule has 0 aliphatic rings. The molecule has 0 fully saturated rings. The summed E-state index contributed by atoms with van der Waals surface area (Å²) in [4.78, 5) is 4.38. The molecule has 0 aliphatic heterocycles. The van der Waals surface area contributed by atoms with Crippen molar-refractivity contribution in [3.63, 3.8) is 0 Å². The van der Waals surface area contributed by atoms with Crippen molar-refractivity contribution in [2.24, 2.45) is 0 Å². The van der Waals surface area contributed by atoms with Crippen molar-refractivity contribution >= 4 is 11.6 Å². The fourth-order valence-corrected chi connectivity index (χ4v) is 2.88. The number of hydrogen-bond donors (Lipinski definition) is 0. The first-order chi connectivity index (χ1) is 10.1. The van der Waals surface area contributed by atoms with Gasteiger partial charge in [-0.15, -0.1) is 5.10 Å². The minimum absolute atomic E-state index is 0.258. The largest absolute Gasteiger partial charge is 0.243 e. The van der Waals surface area contributed by atoms with Gasteiger partial charge in [-0.1, -0.05) is 48.0 Å². The quantitative estimate of drug-likeness (QED) is 0.696. The molecular weight excluding hydrogens is 282 g/mol. The molecule has 0 N–H and O–H groups in total. The van der Waals surface area contributed by atoms with Crippen LogP contribution in [0.2, 0.25) is 5.28 Å². The van der Waals surface area contributed by atoms with Gasteiger partial charge in [-0.2, -0.15) is 4.98 Å². The molecule has 0 saturated carbocycles. The first-order valence-electron chi connectivity index (χ1n) is 6.82. The Balaban J connectivity index is 2.26. The van der Waals surface area contributed by atoms with Gasteiger partial charge in [0.1, 0.15) is 0 Å². The highest BCUT2D eigenvalue weighted by Crippen LogP contribution is 2.27. The Morgan fingerprint density at radius 2 is 1.57 bits per heavy atom. The van der Waals surface area contributed by atoms with Crippen LogP contribution in [0.25, 0.3) is 17.1 Å². The van der Waals surface area contributed by atoms with Gasteiger partial charge < -0.3 is 0 Å². The summed E-state index contributed by atoms with van der Waals surface area (Å²) in [6, 6.07) is 14.3. The van der Waals surface area contributed by atoms with Crippen molar-refractivity contribution in [3.05, 3.63) is 64.4 Å². The van der Waals surface area contributed by atoms with Crippen LogP contribution in [0, 0.1) is 20.8 Å². The van der Waals surface area contributed by atoms with E-state index >= 15 is 0 Å². The van der Waals surface area contributed by atoms with Gasteiger partial charge in [0.25, 0.3) is 0 Å². The molecule has 0 unspecified atom stereocenters. The van der Waals surface area contributed by atoms with Gasteiger partial charge in [0.05, 0.1) is 5.69 Å². The Bertz CT molecular complexity index is 768. The van der Waals surface area contributed by atoms with E-state index < -0.39 is 0 Å². The summed E-state index contributed by atoms with van der Waals surface area (Å²) in [6.45, 7) is 6.26. The van der Waals surface area contributed by atoms with Gasteiger partial charge in [-0.3, -0.25) is 0 Å². The summed E-state index contributed by atoms with van der Waals surface area (Å²) in [5, 5.41) is 4.64. The molecule has 0 atom stereocenters. The third kappa shape index (κ3) is 2.57. The zero-order valence-electron chi connectivity index (χ0n) is 12.3. The summed E-state index contributed by atoms with van der Waals surface area (Å²) >= 11 is 6.06.